The number of fused-ring (bicyclic) bond motifs is 1. The summed E-state index contributed by atoms with van der Waals surface area (Å²) in [6, 6.07) is 8.66. The van der Waals surface area contributed by atoms with Gasteiger partial charge in [0, 0.05) is 0 Å². The molecule has 2 aromatic rings. The highest BCUT2D eigenvalue weighted by atomic mass is 16.5. The number of hydrogen-bond donors (Lipinski definition) is 1. The van der Waals surface area contributed by atoms with E-state index in [-0.39, 0.29) is 24.8 Å². The first kappa shape index (κ1) is 14.5. The third-order valence-electron chi connectivity index (χ3n) is 3.33. The molecule has 0 fully saturated rings. The summed E-state index contributed by atoms with van der Waals surface area (Å²) in [5.74, 6) is -0.575. The van der Waals surface area contributed by atoms with E-state index in [0.717, 1.165) is 0 Å². The predicted octanol–water partition coefficient (Wildman–Crippen LogP) is -0.571. The van der Waals surface area contributed by atoms with Crippen LogP contribution in [0.2, 0.25) is 0 Å². The standard InChI is InChI=1S/C14H12N6O3/c15-5-12-17-8-19(18-12)7-13(21)20-6-11(14(16)22)23-10-4-2-1-3-9(10)20/h1-4,8,11H,6-7H2,(H2,16,22)/t11-/m0/s1. The Bertz CT molecular complexity index is 809. The summed E-state index contributed by atoms with van der Waals surface area (Å²) in [7, 11) is 0. The molecule has 1 aromatic carbocycles. The number of ether oxygens (including phenoxy) is 1. The van der Waals surface area contributed by atoms with Crippen LogP contribution in [0.4, 0.5) is 5.69 Å². The lowest BCUT2D eigenvalue weighted by molar-refractivity contribution is -0.125. The predicted molar refractivity (Wildman–Crippen MR) is 77.1 cm³/mol. The van der Waals surface area contributed by atoms with Crippen LogP contribution >= 0.6 is 0 Å². The molecular formula is C14H12N6O3. The summed E-state index contributed by atoms with van der Waals surface area (Å²) in [4.78, 5) is 29.1. The van der Waals surface area contributed by atoms with Crippen molar-refractivity contribution in [2.45, 2.75) is 12.6 Å². The summed E-state index contributed by atoms with van der Waals surface area (Å²) >= 11 is 0. The van der Waals surface area contributed by atoms with E-state index in [1.54, 1.807) is 30.3 Å². The Morgan fingerprint density at radius 1 is 1.43 bits per heavy atom. The molecule has 2 heterocycles. The Labute approximate surface area is 130 Å². The van der Waals surface area contributed by atoms with Crippen molar-refractivity contribution in [3.05, 3.63) is 36.4 Å². The highest BCUT2D eigenvalue weighted by Gasteiger charge is 2.32. The van der Waals surface area contributed by atoms with Crippen molar-refractivity contribution >= 4 is 17.5 Å². The maximum Gasteiger partial charge on any atom is 0.260 e. The molecule has 2 N–H and O–H groups in total. The van der Waals surface area contributed by atoms with Crippen molar-refractivity contribution in [2.24, 2.45) is 5.73 Å². The summed E-state index contributed by atoms with van der Waals surface area (Å²) in [6.07, 6.45) is 0.383. The molecule has 0 spiro atoms. The molecule has 0 saturated carbocycles. The number of amides is 2. The van der Waals surface area contributed by atoms with E-state index < -0.39 is 12.0 Å². The first-order valence-corrected chi connectivity index (χ1v) is 6.73. The molecule has 2 amide bonds. The molecule has 0 unspecified atom stereocenters. The van der Waals surface area contributed by atoms with Crippen LogP contribution in [-0.4, -0.2) is 39.2 Å². The van der Waals surface area contributed by atoms with Gasteiger partial charge < -0.3 is 15.4 Å². The van der Waals surface area contributed by atoms with Crippen LogP contribution in [-0.2, 0) is 16.1 Å². The van der Waals surface area contributed by atoms with Crippen LogP contribution < -0.4 is 15.4 Å². The number of carbonyl (C=O) groups is 2. The SMILES string of the molecule is N#Cc1ncn(CC(=O)N2C[C@@H](C(N)=O)Oc3ccccc32)n1. The Kier molecular flexibility index (Phi) is 3.64. The van der Waals surface area contributed by atoms with E-state index in [9.17, 15) is 9.59 Å². The van der Waals surface area contributed by atoms with E-state index in [1.165, 1.54) is 15.9 Å². The number of aromatic nitrogens is 3. The lowest BCUT2D eigenvalue weighted by Gasteiger charge is -2.33. The Hall–Kier alpha value is -3.41. The van der Waals surface area contributed by atoms with Gasteiger partial charge >= 0.3 is 0 Å². The maximum absolute atomic E-state index is 12.5. The topological polar surface area (TPSA) is 127 Å². The van der Waals surface area contributed by atoms with Crippen LogP contribution in [0.1, 0.15) is 5.82 Å². The molecule has 1 aliphatic heterocycles. The summed E-state index contributed by atoms with van der Waals surface area (Å²) in [6.45, 7) is -0.0977. The van der Waals surface area contributed by atoms with E-state index in [2.05, 4.69) is 10.1 Å². The van der Waals surface area contributed by atoms with Crippen molar-refractivity contribution < 1.29 is 14.3 Å². The number of rotatable bonds is 3. The number of benzene rings is 1. The first-order valence-electron chi connectivity index (χ1n) is 6.73. The lowest BCUT2D eigenvalue weighted by atomic mass is 10.1. The number of para-hydroxylation sites is 2. The van der Waals surface area contributed by atoms with Gasteiger partial charge in [-0.05, 0) is 12.1 Å². The van der Waals surface area contributed by atoms with E-state index >= 15 is 0 Å². The molecule has 1 aliphatic rings. The number of anilines is 1. The second-order valence-corrected chi connectivity index (χ2v) is 4.86. The fraction of sp³-hybridized carbons (Fsp3) is 0.214. The van der Waals surface area contributed by atoms with Gasteiger partial charge in [-0.2, -0.15) is 5.26 Å². The zero-order valence-corrected chi connectivity index (χ0v) is 11.9. The fourth-order valence-corrected chi connectivity index (χ4v) is 2.26. The fourth-order valence-electron chi connectivity index (χ4n) is 2.26. The van der Waals surface area contributed by atoms with Crippen molar-refractivity contribution in [2.75, 3.05) is 11.4 Å². The summed E-state index contributed by atoms with van der Waals surface area (Å²) < 4.78 is 6.76. The molecule has 0 saturated heterocycles. The van der Waals surface area contributed by atoms with Gasteiger partial charge in [0.25, 0.3) is 11.7 Å². The average Bonchev–Trinajstić information content (AvgIpc) is 3.01. The van der Waals surface area contributed by atoms with Crippen LogP contribution in [0.15, 0.2) is 30.6 Å². The third kappa shape index (κ3) is 2.82. The van der Waals surface area contributed by atoms with Gasteiger partial charge in [-0.3, -0.25) is 9.59 Å². The zero-order chi connectivity index (χ0) is 16.4. The van der Waals surface area contributed by atoms with E-state index in [1.807, 2.05) is 0 Å². The molecule has 0 bridgehead atoms. The summed E-state index contributed by atoms with van der Waals surface area (Å²) in [5.41, 5.74) is 5.85. The quantitative estimate of drug-likeness (QED) is 0.808. The van der Waals surface area contributed by atoms with Crippen molar-refractivity contribution in [3.8, 4) is 11.8 Å². The Morgan fingerprint density at radius 3 is 2.91 bits per heavy atom. The van der Waals surface area contributed by atoms with Gasteiger partial charge in [-0.1, -0.05) is 12.1 Å². The molecule has 0 radical (unpaired) electrons. The minimum atomic E-state index is -0.917. The van der Waals surface area contributed by atoms with Crippen LogP contribution in [0.3, 0.4) is 0 Å². The van der Waals surface area contributed by atoms with Crippen LogP contribution in [0, 0.1) is 11.3 Å². The minimum Gasteiger partial charge on any atom is -0.477 e. The molecule has 9 heteroatoms. The number of nitrogens with zero attached hydrogens (tertiary/aromatic N) is 5. The van der Waals surface area contributed by atoms with Gasteiger partial charge in [-0.15, -0.1) is 5.10 Å². The number of hydrogen-bond acceptors (Lipinski definition) is 6. The van der Waals surface area contributed by atoms with E-state index in [0.29, 0.717) is 11.4 Å². The van der Waals surface area contributed by atoms with Gasteiger partial charge in [0.2, 0.25) is 5.91 Å². The number of nitrogens with two attached hydrogens (primary N) is 1. The second-order valence-electron chi connectivity index (χ2n) is 4.86. The molecule has 23 heavy (non-hydrogen) atoms. The molecular weight excluding hydrogens is 300 g/mol. The van der Waals surface area contributed by atoms with Crippen LogP contribution in [0.25, 0.3) is 0 Å². The average molecular weight is 312 g/mol. The highest BCUT2D eigenvalue weighted by molar-refractivity contribution is 5.96. The minimum absolute atomic E-state index is 0.0183. The van der Waals surface area contributed by atoms with Crippen molar-refractivity contribution in [1.82, 2.24) is 14.8 Å². The molecule has 1 aromatic heterocycles. The Balaban J connectivity index is 1.86. The third-order valence-corrected chi connectivity index (χ3v) is 3.33. The van der Waals surface area contributed by atoms with E-state index in [4.69, 9.17) is 15.7 Å². The first-order chi connectivity index (χ1) is 11.1. The molecule has 116 valence electrons. The zero-order valence-electron chi connectivity index (χ0n) is 11.9. The molecule has 3 rings (SSSR count). The highest BCUT2D eigenvalue weighted by Crippen LogP contribution is 2.33. The van der Waals surface area contributed by atoms with Gasteiger partial charge in [0.05, 0.1) is 12.2 Å². The molecule has 1 atom stereocenters. The second kappa shape index (κ2) is 5.76. The lowest BCUT2D eigenvalue weighted by Crippen LogP contribution is -2.50. The molecule has 0 aliphatic carbocycles. The number of primary amides is 1. The molecule has 9 nitrogen and oxygen atoms in total. The Morgan fingerprint density at radius 2 is 2.22 bits per heavy atom. The largest absolute Gasteiger partial charge is 0.477 e. The normalized spacial score (nSPS) is 16.1. The van der Waals surface area contributed by atoms with Crippen LogP contribution in [0.5, 0.6) is 5.75 Å². The number of carbonyl (C=O) groups excluding carboxylic acids is 2. The number of nitriles is 1. The monoisotopic (exact) mass is 312 g/mol. The van der Waals surface area contributed by atoms with Crippen molar-refractivity contribution in [1.29, 1.82) is 5.26 Å². The van der Waals surface area contributed by atoms with Crippen molar-refractivity contribution in [3.63, 3.8) is 0 Å². The smallest absolute Gasteiger partial charge is 0.260 e. The van der Waals surface area contributed by atoms with Gasteiger partial charge in [0.15, 0.2) is 6.10 Å². The van der Waals surface area contributed by atoms with Gasteiger partial charge in [-0.25, -0.2) is 9.67 Å². The van der Waals surface area contributed by atoms with Gasteiger partial charge in [0.1, 0.15) is 24.7 Å². The summed E-state index contributed by atoms with van der Waals surface area (Å²) in [5, 5.41) is 12.6. The maximum atomic E-state index is 12.5.